The first-order valence-corrected chi connectivity index (χ1v) is 7.46. The molecule has 2 aromatic carbocycles. The fraction of sp³-hybridized carbons (Fsp3) is 0.125. The summed E-state index contributed by atoms with van der Waals surface area (Å²) in [7, 11) is 0. The third kappa shape index (κ3) is 5.08. The van der Waals surface area contributed by atoms with Gasteiger partial charge in [0.25, 0.3) is 0 Å². The summed E-state index contributed by atoms with van der Waals surface area (Å²) in [4.78, 5) is 22.4. The Balaban J connectivity index is 1.94. The molecule has 2 rings (SSSR count). The van der Waals surface area contributed by atoms with Crippen molar-refractivity contribution in [3.05, 3.63) is 58.6 Å². The molecule has 1 atom stereocenters. The monoisotopic (exact) mass is 379 g/mol. The van der Waals surface area contributed by atoms with Crippen LogP contribution in [0.1, 0.15) is 5.56 Å². The summed E-state index contributed by atoms with van der Waals surface area (Å²) < 4.78 is 10.8. The van der Waals surface area contributed by atoms with E-state index in [1.807, 2.05) is 0 Å². The first-order valence-electron chi connectivity index (χ1n) is 6.67. The molecule has 3 N–H and O–H groups in total. The number of hydrogen-bond donors (Lipinski definition) is 2. The van der Waals surface area contributed by atoms with E-state index in [9.17, 15) is 9.59 Å². The quantitative estimate of drug-likeness (QED) is 0.611. The van der Waals surface area contributed by atoms with E-state index in [2.05, 4.69) is 15.9 Å². The molecule has 0 aliphatic heterocycles. The molecule has 120 valence electrons. The number of nitrogens with two attached hydrogens (primary N) is 1. The van der Waals surface area contributed by atoms with Crippen LogP contribution in [0.5, 0.6) is 11.5 Å². The van der Waals surface area contributed by atoms with Gasteiger partial charge in [-0.15, -0.1) is 0 Å². The number of aliphatic carboxylic acids is 1. The second kappa shape index (κ2) is 7.75. The SMILES string of the molecule is N[C@@H](Cc1ccc(OC(=O)Oc2ccccc2Br)cc1)C(=O)O. The van der Waals surface area contributed by atoms with Crippen LogP contribution >= 0.6 is 15.9 Å². The summed E-state index contributed by atoms with van der Waals surface area (Å²) in [5.74, 6) is -0.432. The molecule has 6 nitrogen and oxygen atoms in total. The average molecular weight is 380 g/mol. The van der Waals surface area contributed by atoms with Crippen LogP contribution in [0.2, 0.25) is 0 Å². The number of benzene rings is 2. The van der Waals surface area contributed by atoms with Gasteiger partial charge in [-0.2, -0.15) is 0 Å². The molecule has 0 aliphatic carbocycles. The standard InChI is InChI=1S/C16H14BrNO5/c17-12-3-1-2-4-14(12)23-16(21)22-11-7-5-10(6-8-11)9-13(18)15(19)20/h1-8,13H,9,18H2,(H,19,20)/t13-/m0/s1. The van der Waals surface area contributed by atoms with Crippen LogP contribution < -0.4 is 15.2 Å². The normalized spacial score (nSPS) is 11.6. The van der Waals surface area contributed by atoms with Gasteiger partial charge in [-0.3, -0.25) is 4.79 Å². The first kappa shape index (κ1) is 17.0. The van der Waals surface area contributed by atoms with Crippen molar-refractivity contribution in [3.8, 4) is 11.5 Å². The Hall–Kier alpha value is -2.38. The van der Waals surface area contributed by atoms with Gasteiger partial charge in [0.15, 0.2) is 0 Å². The lowest BCUT2D eigenvalue weighted by Gasteiger charge is -2.09. The van der Waals surface area contributed by atoms with Gasteiger partial charge in [0, 0.05) is 0 Å². The molecule has 0 spiro atoms. The maximum Gasteiger partial charge on any atom is 0.519 e. The molecule has 0 amide bonds. The number of carboxylic acids is 1. The Morgan fingerprint density at radius 3 is 2.35 bits per heavy atom. The Morgan fingerprint density at radius 1 is 1.09 bits per heavy atom. The molecule has 0 aliphatic rings. The largest absolute Gasteiger partial charge is 0.519 e. The molecule has 23 heavy (non-hydrogen) atoms. The molecule has 0 bridgehead atoms. The lowest BCUT2D eigenvalue weighted by molar-refractivity contribution is -0.138. The topological polar surface area (TPSA) is 98.9 Å². The second-order valence-electron chi connectivity index (χ2n) is 4.68. The molecule has 0 unspecified atom stereocenters. The number of hydrogen-bond acceptors (Lipinski definition) is 5. The minimum atomic E-state index is -1.07. The molecular weight excluding hydrogens is 366 g/mol. The Morgan fingerprint density at radius 2 is 1.74 bits per heavy atom. The van der Waals surface area contributed by atoms with Gasteiger partial charge in [0.2, 0.25) is 0 Å². The summed E-state index contributed by atoms with van der Waals surface area (Å²) in [6.45, 7) is 0. The van der Waals surface area contributed by atoms with E-state index in [0.717, 1.165) is 5.56 Å². The van der Waals surface area contributed by atoms with Gasteiger partial charge < -0.3 is 20.3 Å². The van der Waals surface area contributed by atoms with E-state index in [4.69, 9.17) is 20.3 Å². The first-order chi connectivity index (χ1) is 11.0. The van der Waals surface area contributed by atoms with Crippen molar-refractivity contribution in [1.82, 2.24) is 0 Å². The van der Waals surface area contributed by atoms with Gasteiger partial charge in [-0.25, -0.2) is 4.79 Å². The predicted molar refractivity (Wildman–Crippen MR) is 86.6 cm³/mol. The third-order valence-electron chi connectivity index (χ3n) is 2.93. The fourth-order valence-electron chi connectivity index (χ4n) is 1.77. The summed E-state index contributed by atoms with van der Waals surface area (Å²) in [6, 6.07) is 12.3. The molecule has 0 aromatic heterocycles. The zero-order chi connectivity index (χ0) is 16.8. The smallest absolute Gasteiger partial charge is 0.480 e. The minimum Gasteiger partial charge on any atom is -0.480 e. The Labute approximate surface area is 141 Å². The average Bonchev–Trinajstić information content (AvgIpc) is 2.51. The molecule has 0 heterocycles. The van der Waals surface area contributed by atoms with E-state index >= 15 is 0 Å². The van der Waals surface area contributed by atoms with Crippen molar-refractivity contribution in [3.63, 3.8) is 0 Å². The predicted octanol–water partition coefficient (Wildman–Crippen LogP) is 2.98. The lowest BCUT2D eigenvalue weighted by atomic mass is 10.1. The van der Waals surface area contributed by atoms with Gasteiger partial charge in [0.05, 0.1) is 4.47 Å². The van der Waals surface area contributed by atoms with Crippen molar-refractivity contribution in [2.24, 2.45) is 5.73 Å². The highest BCUT2D eigenvalue weighted by Crippen LogP contribution is 2.24. The molecule has 0 saturated carbocycles. The van der Waals surface area contributed by atoms with E-state index < -0.39 is 18.2 Å². The molecule has 0 fully saturated rings. The summed E-state index contributed by atoms with van der Waals surface area (Å²) >= 11 is 3.26. The lowest BCUT2D eigenvalue weighted by Crippen LogP contribution is -2.32. The summed E-state index contributed by atoms with van der Waals surface area (Å²) in [5, 5.41) is 8.76. The van der Waals surface area contributed by atoms with Crippen molar-refractivity contribution in [1.29, 1.82) is 0 Å². The van der Waals surface area contributed by atoms with Crippen molar-refractivity contribution in [2.45, 2.75) is 12.5 Å². The van der Waals surface area contributed by atoms with Gasteiger partial charge in [-0.1, -0.05) is 24.3 Å². The van der Waals surface area contributed by atoms with Gasteiger partial charge in [0.1, 0.15) is 17.5 Å². The van der Waals surface area contributed by atoms with Crippen LogP contribution in [-0.4, -0.2) is 23.3 Å². The zero-order valence-electron chi connectivity index (χ0n) is 11.9. The van der Waals surface area contributed by atoms with Crippen molar-refractivity contribution < 1.29 is 24.2 Å². The number of halogens is 1. The number of carboxylic acid groups (broad SMARTS) is 1. The van der Waals surface area contributed by atoms with Crippen molar-refractivity contribution >= 4 is 28.1 Å². The number of carbonyl (C=O) groups is 2. The van der Waals surface area contributed by atoms with Crippen LogP contribution in [0.4, 0.5) is 4.79 Å². The van der Waals surface area contributed by atoms with Crippen LogP contribution in [0, 0.1) is 0 Å². The number of carbonyl (C=O) groups excluding carboxylic acids is 1. The molecule has 0 saturated heterocycles. The van der Waals surface area contributed by atoms with Crippen LogP contribution in [0.3, 0.4) is 0 Å². The molecule has 7 heteroatoms. The maximum absolute atomic E-state index is 11.7. The van der Waals surface area contributed by atoms with Crippen molar-refractivity contribution in [2.75, 3.05) is 0 Å². The summed E-state index contributed by atoms with van der Waals surface area (Å²) in [6.07, 6.45) is -0.677. The molecular formula is C16H14BrNO5. The van der Waals surface area contributed by atoms with Crippen LogP contribution in [0.15, 0.2) is 53.0 Å². The fourth-order valence-corrected chi connectivity index (χ4v) is 2.13. The van der Waals surface area contributed by atoms with E-state index in [1.54, 1.807) is 48.5 Å². The van der Waals surface area contributed by atoms with E-state index in [1.165, 1.54) is 0 Å². The maximum atomic E-state index is 11.7. The van der Waals surface area contributed by atoms with Crippen LogP contribution in [-0.2, 0) is 11.2 Å². The highest BCUT2D eigenvalue weighted by molar-refractivity contribution is 9.10. The Bertz CT molecular complexity index is 702. The van der Waals surface area contributed by atoms with E-state index in [0.29, 0.717) is 10.2 Å². The Kier molecular flexibility index (Phi) is 5.72. The number of rotatable bonds is 5. The second-order valence-corrected chi connectivity index (χ2v) is 5.53. The highest BCUT2D eigenvalue weighted by Gasteiger charge is 2.13. The summed E-state index contributed by atoms with van der Waals surface area (Å²) in [5.41, 5.74) is 6.19. The third-order valence-corrected chi connectivity index (χ3v) is 3.58. The number of para-hydroxylation sites is 1. The number of ether oxygens (including phenoxy) is 2. The van der Waals surface area contributed by atoms with E-state index in [-0.39, 0.29) is 12.2 Å². The van der Waals surface area contributed by atoms with Gasteiger partial charge >= 0.3 is 12.1 Å². The highest BCUT2D eigenvalue weighted by atomic mass is 79.9. The molecule has 2 aromatic rings. The zero-order valence-corrected chi connectivity index (χ0v) is 13.5. The van der Waals surface area contributed by atoms with Crippen LogP contribution in [0.25, 0.3) is 0 Å². The van der Waals surface area contributed by atoms with Gasteiger partial charge in [-0.05, 0) is 52.2 Å². The minimum absolute atomic E-state index is 0.191. The molecule has 0 radical (unpaired) electrons.